The number of quaternary nitrogens is 1. The second kappa shape index (κ2) is 10.2. The smallest absolute Gasteiger partial charge is 0.258 e. The standard InChI is InChI=1S/C20H25BrN2O2/c1-3-23(4-2)14-17-8-6-5-7-16(17)13-22-20(24)15-25-19-11-9-18(21)10-12-19/h5-12H,3-4,13-15H2,1-2H3,(H,22,24)/p+1. The Morgan fingerprint density at radius 3 is 2.32 bits per heavy atom. The van der Waals surface area contributed by atoms with Crippen molar-refractivity contribution < 1.29 is 14.4 Å². The molecule has 0 atom stereocenters. The fraction of sp³-hybridized carbons (Fsp3) is 0.350. The summed E-state index contributed by atoms with van der Waals surface area (Å²) in [6.07, 6.45) is 0. The fourth-order valence-electron chi connectivity index (χ4n) is 2.60. The molecule has 0 saturated carbocycles. The Labute approximate surface area is 158 Å². The van der Waals surface area contributed by atoms with Gasteiger partial charge >= 0.3 is 0 Å². The van der Waals surface area contributed by atoms with Gasteiger partial charge in [0.1, 0.15) is 12.3 Å². The third-order valence-corrected chi connectivity index (χ3v) is 4.75. The molecule has 0 fully saturated rings. The van der Waals surface area contributed by atoms with E-state index < -0.39 is 0 Å². The molecule has 2 rings (SSSR count). The van der Waals surface area contributed by atoms with Gasteiger partial charge in [0.2, 0.25) is 0 Å². The van der Waals surface area contributed by atoms with E-state index >= 15 is 0 Å². The van der Waals surface area contributed by atoms with Gasteiger partial charge in [-0.05, 0) is 43.7 Å². The highest BCUT2D eigenvalue weighted by Crippen LogP contribution is 2.15. The van der Waals surface area contributed by atoms with E-state index in [0.717, 1.165) is 24.1 Å². The molecule has 2 N–H and O–H groups in total. The van der Waals surface area contributed by atoms with E-state index in [0.29, 0.717) is 12.3 Å². The van der Waals surface area contributed by atoms with Crippen LogP contribution >= 0.6 is 15.9 Å². The van der Waals surface area contributed by atoms with Gasteiger partial charge in [0, 0.05) is 16.6 Å². The van der Waals surface area contributed by atoms with Crippen LogP contribution in [-0.4, -0.2) is 25.6 Å². The first kappa shape index (κ1) is 19.5. The molecule has 0 aliphatic rings. The largest absolute Gasteiger partial charge is 0.484 e. The summed E-state index contributed by atoms with van der Waals surface area (Å²) in [4.78, 5) is 13.6. The minimum Gasteiger partial charge on any atom is -0.484 e. The minimum atomic E-state index is -0.118. The minimum absolute atomic E-state index is 0.0189. The molecule has 0 aliphatic carbocycles. The molecule has 0 bridgehead atoms. The first-order valence-electron chi connectivity index (χ1n) is 8.67. The molecule has 0 radical (unpaired) electrons. The lowest BCUT2D eigenvalue weighted by atomic mass is 10.1. The number of rotatable bonds is 9. The zero-order chi connectivity index (χ0) is 18.1. The third-order valence-electron chi connectivity index (χ3n) is 4.22. The molecule has 0 saturated heterocycles. The van der Waals surface area contributed by atoms with Gasteiger partial charge in [0.25, 0.3) is 5.91 Å². The van der Waals surface area contributed by atoms with Gasteiger partial charge in [-0.2, -0.15) is 0 Å². The number of carbonyl (C=O) groups is 1. The Hall–Kier alpha value is -1.85. The number of hydrogen-bond acceptors (Lipinski definition) is 2. The molecular weight excluding hydrogens is 380 g/mol. The maximum absolute atomic E-state index is 12.1. The monoisotopic (exact) mass is 405 g/mol. The maximum Gasteiger partial charge on any atom is 0.258 e. The van der Waals surface area contributed by atoms with Crippen LogP contribution in [0.3, 0.4) is 0 Å². The zero-order valence-corrected chi connectivity index (χ0v) is 16.4. The molecule has 0 aliphatic heterocycles. The Kier molecular flexibility index (Phi) is 7.95. The summed E-state index contributed by atoms with van der Waals surface area (Å²) in [7, 11) is 0. The number of benzene rings is 2. The van der Waals surface area contributed by atoms with Crippen LogP contribution in [0.25, 0.3) is 0 Å². The summed E-state index contributed by atoms with van der Waals surface area (Å²) in [6, 6.07) is 15.7. The molecule has 1 amide bonds. The lowest BCUT2D eigenvalue weighted by Gasteiger charge is -2.18. The predicted octanol–water partition coefficient (Wildman–Crippen LogP) is 2.57. The van der Waals surface area contributed by atoms with Crippen LogP contribution < -0.4 is 15.0 Å². The van der Waals surface area contributed by atoms with E-state index in [9.17, 15) is 4.79 Å². The van der Waals surface area contributed by atoms with Crippen LogP contribution in [0.2, 0.25) is 0 Å². The van der Waals surface area contributed by atoms with Crippen molar-refractivity contribution in [1.29, 1.82) is 0 Å². The second-order valence-electron chi connectivity index (χ2n) is 5.92. The van der Waals surface area contributed by atoms with Crippen LogP contribution in [0, 0.1) is 0 Å². The van der Waals surface area contributed by atoms with Crippen molar-refractivity contribution in [3.8, 4) is 5.75 Å². The molecule has 5 heteroatoms. The van der Waals surface area contributed by atoms with Crippen molar-refractivity contribution in [3.63, 3.8) is 0 Å². The van der Waals surface area contributed by atoms with Crippen LogP contribution in [0.1, 0.15) is 25.0 Å². The van der Waals surface area contributed by atoms with Crippen LogP contribution in [0.5, 0.6) is 5.75 Å². The summed E-state index contributed by atoms with van der Waals surface area (Å²) in [6.45, 7) is 8.11. The molecule has 0 aromatic heterocycles. The van der Waals surface area contributed by atoms with Gasteiger partial charge in [-0.1, -0.05) is 40.2 Å². The predicted molar refractivity (Wildman–Crippen MR) is 104 cm³/mol. The zero-order valence-electron chi connectivity index (χ0n) is 14.8. The lowest BCUT2D eigenvalue weighted by molar-refractivity contribution is -0.910. The van der Waals surface area contributed by atoms with Crippen molar-refractivity contribution in [1.82, 2.24) is 5.32 Å². The van der Waals surface area contributed by atoms with Gasteiger partial charge in [0.15, 0.2) is 6.61 Å². The lowest BCUT2D eigenvalue weighted by Crippen LogP contribution is -3.10. The van der Waals surface area contributed by atoms with Gasteiger partial charge in [-0.3, -0.25) is 4.79 Å². The molecule has 25 heavy (non-hydrogen) atoms. The van der Waals surface area contributed by atoms with Gasteiger partial charge in [-0.15, -0.1) is 0 Å². The molecule has 0 spiro atoms. The highest BCUT2D eigenvalue weighted by atomic mass is 79.9. The second-order valence-corrected chi connectivity index (χ2v) is 6.84. The molecule has 0 unspecified atom stereocenters. The number of halogens is 1. The quantitative estimate of drug-likeness (QED) is 0.672. The van der Waals surface area contributed by atoms with E-state index in [1.54, 1.807) is 0 Å². The van der Waals surface area contributed by atoms with Gasteiger partial charge < -0.3 is 15.0 Å². The molecule has 4 nitrogen and oxygen atoms in total. The van der Waals surface area contributed by atoms with Crippen LogP contribution in [-0.2, 0) is 17.9 Å². The van der Waals surface area contributed by atoms with Gasteiger partial charge in [0.05, 0.1) is 13.1 Å². The van der Waals surface area contributed by atoms with Crippen molar-refractivity contribution in [3.05, 3.63) is 64.1 Å². The average molecular weight is 406 g/mol. The van der Waals surface area contributed by atoms with Crippen molar-refractivity contribution in [2.45, 2.75) is 26.9 Å². The number of carbonyl (C=O) groups excluding carboxylic acids is 1. The first-order valence-corrected chi connectivity index (χ1v) is 9.47. The average Bonchev–Trinajstić information content (AvgIpc) is 2.64. The van der Waals surface area contributed by atoms with Crippen molar-refractivity contribution in [2.24, 2.45) is 0 Å². The topological polar surface area (TPSA) is 42.8 Å². The molecule has 0 heterocycles. The van der Waals surface area contributed by atoms with Crippen molar-refractivity contribution >= 4 is 21.8 Å². The summed E-state index contributed by atoms with van der Waals surface area (Å²) in [5.41, 5.74) is 2.45. The van der Waals surface area contributed by atoms with E-state index in [1.807, 2.05) is 30.3 Å². The summed E-state index contributed by atoms with van der Waals surface area (Å²) in [5.74, 6) is 0.566. The number of amides is 1. The van der Waals surface area contributed by atoms with E-state index in [-0.39, 0.29) is 12.5 Å². The number of hydrogen-bond donors (Lipinski definition) is 2. The molecule has 134 valence electrons. The summed E-state index contributed by atoms with van der Waals surface area (Å²) >= 11 is 3.37. The highest BCUT2D eigenvalue weighted by molar-refractivity contribution is 9.10. The Bertz CT molecular complexity index is 670. The maximum atomic E-state index is 12.1. The van der Waals surface area contributed by atoms with Crippen LogP contribution in [0.4, 0.5) is 0 Å². The van der Waals surface area contributed by atoms with E-state index in [4.69, 9.17) is 4.74 Å². The molecular formula is C20H26BrN2O2+. The Morgan fingerprint density at radius 1 is 1.04 bits per heavy atom. The molecule has 2 aromatic carbocycles. The Morgan fingerprint density at radius 2 is 1.68 bits per heavy atom. The van der Waals surface area contributed by atoms with E-state index in [1.165, 1.54) is 16.0 Å². The summed E-state index contributed by atoms with van der Waals surface area (Å²) < 4.78 is 6.49. The highest BCUT2D eigenvalue weighted by Gasteiger charge is 2.10. The van der Waals surface area contributed by atoms with Crippen molar-refractivity contribution in [2.75, 3.05) is 19.7 Å². The van der Waals surface area contributed by atoms with E-state index in [2.05, 4.69) is 53.3 Å². The van der Waals surface area contributed by atoms with Crippen LogP contribution in [0.15, 0.2) is 53.0 Å². The SMILES string of the molecule is CC[NH+](CC)Cc1ccccc1CNC(=O)COc1ccc(Br)cc1. The van der Waals surface area contributed by atoms with Gasteiger partial charge in [-0.25, -0.2) is 0 Å². The third kappa shape index (κ3) is 6.52. The number of nitrogens with one attached hydrogen (secondary N) is 2. The molecule has 2 aromatic rings. The fourth-order valence-corrected chi connectivity index (χ4v) is 2.86. The Balaban J connectivity index is 1.85. The normalized spacial score (nSPS) is 10.7. The first-order chi connectivity index (χ1) is 12.1. The summed E-state index contributed by atoms with van der Waals surface area (Å²) in [5, 5.41) is 2.95. The number of ether oxygens (including phenoxy) is 1.